The summed E-state index contributed by atoms with van der Waals surface area (Å²) in [6.45, 7) is 0. The van der Waals surface area contributed by atoms with Crippen LogP contribution in [0, 0.1) is 0 Å². The van der Waals surface area contributed by atoms with Gasteiger partial charge >= 0.3 is 5.51 Å². The van der Waals surface area contributed by atoms with Gasteiger partial charge in [-0.25, -0.2) is 0 Å². The Morgan fingerprint density at radius 3 is 2.38 bits per heavy atom. The van der Waals surface area contributed by atoms with Gasteiger partial charge in [0.2, 0.25) is 0 Å². The lowest BCUT2D eigenvalue weighted by atomic mass is 10.5. The minimum atomic E-state index is -4.24. The van der Waals surface area contributed by atoms with Gasteiger partial charge in [-0.1, -0.05) is 0 Å². The fraction of sp³-hybridized carbons (Fsp3) is 0.286. The van der Waals surface area contributed by atoms with Crippen molar-refractivity contribution in [1.82, 2.24) is 4.98 Å². The maximum Gasteiger partial charge on any atom is 0.446 e. The molecule has 0 atom stereocenters. The van der Waals surface area contributed by atoms with Crippen LogP contribution in [0.1, 0.15) is 0 Å². The molecule has 13 heavy (non-hydrogen) atoms. The van der Waals surface area contributed by atoms with Crippen molar-refractivity contribution in [2.24, 2.45) is 0 Å². The fourth-order valence-electron chi connectivity index (χ4n) is 0.700. The molecular weight excluding hydrogens is 219 g/mol. The number of pyridine rings is 1. The number of alkyl halides is 3. The van der Waals surface area contributed by atoms with E-state index in [0.717, 1.165) is 4.90 Å². The SMILES string of the molecule is CSc1cncc(SC(F)(F)F)c1. The molecule has 0 fully saturated rings. The second kappa shape index (κ2) is 4.23. The number of hydrogen-bond acceptors (Lipinski definition) is 3. The van der Waals surface area contributed by atoms with Crippen molar-refractivity contribution in [3.8, 4) is 0 Å². The van der Waals surface area contributed by atoms with Gasteiger partial charge in [-0.15, -0.1) is 11.8 Å². The zero-order valence-corrected chi connectivity index (χ0v) is 8.26. The lowest BCUT2D eigenvalue weighted by molar-refractivity contribution is -0.0328. The highest BCUT2D eigenvalue weighted by atomic mass is 32.2. The van der Waals surface area contributed by atoms with Crippen LogP contribution in [0.3, 0.4) is 0 Å². The van der Waals surface area contributed by atoms with Crippen LogP contribution in [-0.2, 0) is 0 Å². The summed E-state index contributed by atoms with van der Waals surface area (Å²) in [4.78, 5) is 4.55. The van der Waals surface area contributed by atoms with E-state index < -0.39 is 5.51 Å². The summed E-state index contributed by atoms with van der Waals surface area (Å²) in [5.41, 5.74) is -4.24. The normalized spacial score (nSPS) is 11.7. The molecule has 72 valence electrons. The molecule has 0 saturated carbocycles. The molecule has 0 aliphatic rings. The first kappa shape index (κ1) is 10.7. The first-order valence-corrected chi connectivity index (χ1v) is 5.30. The van der Waals surface area contributed by atoms with E-state index >= 15 is 0 Å². The van der Waals surface area contributed by atoms with Gasteiger partial charge in [-0.05, 0) is 24.1 Å². The summed E-state index contributed by atoms with van der Waals surface area (Å²) in [5, 5.41) is 0. The van der Waals surface area contributed by atoms with Crippen molar-refractivity contribution < 1.29 is 13.2 Å². The molecular formula is C7H6F3NS2. The highest BCUT2D eigenvalue weighted by Crippen LogP contribution is 2.37. The Morgan fingerprint density at radius 2 is 1.85 bits per heavy atom. The lowest BCUT2D eigenvalue weighted by Crippen LogP contribution is -1.99. The molecule has 1 rings (SSSR count). The molecule has 0 aromatic carbocycles. The van der Waals surface area contributed by atoms with Crippen LogP contribution < -0.4 is 0 Å². The molecule has 0 aliphatic carbocycles. The molecule has 0 unspecified atom stereocenters. The van der Waals surface area contributed by atoms with Crippen LogP contribution in [-0.4, -0.2) is 16.7 Å². The molecule has 6 heteroatoms. The third-order valence-corrected chi connectivity index (χ3v) is 2.54. The highest BCUT2D eigenvalue weighted by molar-refractivity contribution is 8.00. The predicted octanol–water partition coefficient (Wildman–Crippen LogP) is 3.42. The summed E-state index contributed by atoms with van der Waals surface area (Å²) in [6.07, 6.45) is 4.53. The Hall–Kier alpha value is -0.360. The van der Waals surface area contributed by atoms with Crippen LogP contribution in [0.2, 0.25) is 0 Å². The number of thioether (sulfide) groups is 2. The Morgan fingerprint density at radius 1 is 1.23 bits per heavy atom. The number of hydrogen-bond donors (Lipinski definition) is 0. The van der Waals surface area contributed by atoms with Crippen molar-refractivity contribution >= 4 is 23.5 Å². The van der Waals surface area contributed by atoms with Gasteiger partial charge in [0.25, 0.3) is 0 Å². The summed E-state index contributed by atoms with van der Waals surface area (Å²) < 4.78 is 35.7. The Labute approximate surface area is 82.1 Å². The smallest absolute Gasteiger partial charge is 0.262 e. The van der Waals surface area contributed by atoms with Gasteiger partial charge in [0.1, 0.15) is 0 Å². The zero-order chi connectivity index (χ0) is 9.90. The van der Waals surface area contributed by atoms with Crippen LogP contribution in [0.15, 0.2) is 28.3 Å². The summed E-state index contributed by atoms with van der Waals surface area (Å²) in [7, 11) is 0. The minimum Gasteiger partial charge on any atom is -0.262 e. The van der Waals surface area contributed by atoms with E-state index in [1.807, 2.05) is 0 Å². The van der Waals surface area contributed by atoms with E-state index in [-0.39, 0.29) is 16.7 Å². The molecule has 0 aliphatic heterocycles. The lowest BCUT2D eigenvalue weighted by Gasteiger charge is -2.05. The number of halogens is 3. The molecule has 1 nitrogen and oxygen atoms in total. The molecule has 0 radical (unpaired) electrons. The maximum atomic E-state index is 11.9. The molecule has 0 bridgehead atoms. The molecule has 0 spiro atoms. The molecule has 1 aromatic heterocycles. The van der Waals surface area contributed by atoms with Gasteiger partial charge in [0.15, 0.2) is 0 Å². The van der Waals surface area contributed by atoms with Crippen molar-refractivity contribution in [3.05, 3.63) is 18.5 Å². The van der Waals surface area contributed by atoms with E-state index in [1.165, 1.54) is 30.2 Å². The second-order valence-corrected chi connectivity index (χ2v) is 4.13. The van der Waals surface area contributed by atoms with Gasteiger partial charge < -0.3 is 0 Å². The Kier molecular flexibility index (Phi) is 3.49. The molecule has 0 saturated heterocycles. The number of rotatable bonds is 2. The average molecular weight is 225 g/mol. The maximum absolute atomic E-state index is 11.9. The number of nitrogens with zero attached hydrogens (tertiary/aromatic N) is 1. The fourth-order valence-corrected chi connectivity index (χ4v) is 1.75. The predicted molar refractivity (Wildman–Crippen MR) is 47.9 cm³/mol. The van der Waals surface area contributed by atoms with Crippen LogP contribution >= 0.6 is 23.5 Å². The average Bonchev–Trinajstić information content (AvgIpc) is 2.01. The van der Waals surface area contributed by atoms with E-state index in [9.17, 15) is 13.2 Å². The first-order valence-electron chi connectivity index (χ1n) is 3.26. The van der Waals surface area contributed by atoms with Crippen molar-refractivity contribution in [3.63, 3.8) is 0 Å². The Bertz CT molecular complexity index is 287. The van der Waals surface area contributed by atoms with E-state index in [0.29, 0.717) is 0 Å². The summed E-state index contributed by atoms with van der Waals surface area (Å²) >= 11 is 1.22. The first-order chi connectivity index (χ1) is 6.01. The van der Waals surface area contributed by atoms with E-state index in [2.05, 4.69) is 4.98 Å². The highest BCUT2D eigenvalue weighted by Gasteiger charge is 2.29. The third-order valence-electron chi connectivity index (χ3n) is 1.16. The standard InChI is InChI=1S/C7H6F3NS2/c1-12-5-2-6(4-11-3-5)13-7(8,9)10/h2-4H,1H3. The number of aromatic nitrogens is 1. The topological polar surface area (TPSA) is 12.9 Å². The van der Waals surface area contributed by atoms with Crippen molar-refractivity contribution in [2.75, 3.05) is 6.26 Å². The van der Waals surface area contributed by atoms with Crippen LogP contribution in [0.25, 0.3) is 0 Å². The van der Waals surface area contributed by atoms with E-state index in [1.54, 1.807) is 6.26 Å². The molecule has 1 aromatic rings. The van der Waals surface area contributed by atoms with Crippen LogP contribution in [0.5, 0.6) is 0 Å². The third kappa shape index (κ3) is 3.91. The zero-order valence-electron chi connectivity index (χ0n) is 6.63. The summed E-state index contributed by atoms with van der Waals surface area (Å²) in [6, 6.07) is 1.47. The Balaban J connectivity index is 2.78. The van der Waals surface area contributed by atoms with Gasteiger partial charge in [-0.2, -0.15) is 13.2 Å². The van der Waals surface area contributed by atoms with E-state index in [4.69, 9.17) is 0 Å². The van der Waals surface area contributed by atoms with Crippen LogP contribution in [0.4, 0.5) is 13.2 Å². The van der Waals surface area contributed by atoms with Gasteiger partial charge in [0, 0.05) is 22.2 Å². The van der Waals surface area contributed by atoms with Gasteiger partial charge in [0.05, 0.1) is 0 Å². The quantitative estimate of drug-likeness (QED) is 0.716. The van der Waals surface area contributed by atoms with Gasteiger partial charge in [-0.3, -0.25) is 4.98 Å². The summed E-state index contributed by atoms with van der Waals surface area (Å²) in [5.74, 6) is 0. The van der Waals surface area contributed by atoms with Crippen molar-refractivity contribution in [2.45, 2.75) is 15.3 Å². The molecule has 0 amide bonds. The molecule has 1 heterocycles. The molecule has 0 N–H and O–H groups in total. The monoisotopic (exact) mass is 225 g/mol. The second-order valence-electron chi connectivity index (χ2n) is 2.11. The minimum absolute atomic E-state index is 0.124. The van der Waals surface area contributed by atoms with Crippen molar-refractivity contribution in [1.29, 1.82) is 0 Å². The largest absolute Gasteiger partial charge is 0.446 e.